The lowest BCUT2D eigenvalue weighted by Gasteiger charge is -2.08. The highest BCUT2D eigenvalue weighted by molar-refractivity contribution is 6.04. The topological polar surface area (TPSA) is 72.7 Å². The fraction of sp³-hybridized carbons (Fsp3) is 0.143. The number of pyridine rings is 2. The third kappa shape index (κ3) is 3.29. The van der Waals surface area contributed by atoms with Crippen LogP contribution in [0, 0.1) is 13.8 Å². The van der Waals surface area contributed by atoms with E-state index in [1.807, 2.05) is 30.7 Å². The first-order valence-electron chi connectivity index (χ1n) is 11.6. The summed E-state index contributed by atoms with van der Waals surface area (Å²) >= 11 is 0. The molecular formula is C21H19N5O. The van der Waals surface area contributed by atoms with Crippen LogP contribution < -0.4 is 5.32 Å². The van der Waals surface area contributed by atoms with Crippen LogP contribution in [0.2, 0.25) is 0 Å². The van der Waals surface area contributed by atoms with Gasteiger partial charge in [0.2, 0.25) is 0 Å². The van der Waals surface area contributed by atoms with Gasteiger partial charge in [0.25, 0.3) is 5.91 Å². The molecule has 0 aliphatic rings. The molecule has 3 aromatic heterocycles. The molecular weight excluding hydrogens is 338 g/mol. The second kappa shape index (κ2) is 6.64. The number of benzene rings is 1. The van der Waals surface area contributed by atoms with Gasteiger partial charge in [0.15, 0.2) is 0 Å². The van der Waals surface area contributed by atoms with Crippen molar-refractivity contribution in [2.24, 2.45) is 7.05 Å². The maximum atomic E-state index is 12.9. The summed E-state index contributed by atoms with van der Waals surface area (Å²) in [7, 11) is 1.87. The standard InChI is InChI=1S/C21H19N5O/c1-13-4-6-15(7-5-13)21(27)25-20-10-18-16(11-23-20)8-9-17(24-18)19-12-22-14(2)26(19)3/h4-12H,1-3H3,(H,23,25,27)/i1D3,4D,5D,6D,7D. The number of aryl methyl sites for hydroxylation is 1. The lowest BCUT2D eigenvalue weighted by Crippen LogP contribution is -2.12. The maximum Gasteiger partial charge on any atom is 0.256 e. The van der Waals surface area contributed by atoms with Gasteiger partial charge in [0.1, 0.15) is 11.6 Å². The number of aromatic nitrogens is 4. The van der Waals surface area contributed by atoms with Crippen molar-refractivity contribution >= 4 is 22.6 Å². The summed E-state index contributed by atoms with van der Waals surface area (Å²) in [6, 6.07) is 2.14. The Bertz CT molecular complexity index is 1430. The monoisotopic (exact) mass is 364 g/mol. The Kier molecular flexibility index (Phi) is 2.60. The first-order chi connectivity index (χ1) is 15.9. The third-order valence-electron chi connectivity index (χ3n) is 4.15. The van der Waals surface area contributed by atoms with Crippen molar-refractivity contribution in [2.75, 3.05) is 5.32 Å². The average molecular weight is 364 g/mol. The Morgan fingerprint density at radius 1 is 1.19 bits per heavy atom. The Morgan fingerprint density at radius 2 is 2.00 bits per heavy atom. The number of rotatable bonds is 3. The van der Waals surface area contributed by atoms with E-state index in [-0.39, 0.29) is 5.82 Å². The maximum absolute atomic E-state index is 12.9. The molecule has 1 amide bonds. The molecule has 4 rings (SSSR count). The minimum atomic E-state index is -2.86. The molecule has 0 radical (unpaired) electrons. The molecule has 1 N–H and O–H groups in total. The summed E-state index contributed by atoms with van der Waals surface area (Å²) in [5.41, 5.74) is 0.694. The number of carbonyl (C=O) groups excluding carboxylic acids is 1. The molecule has 3 heterocycles. The van der Waals surface area contributed by atoms with Gasteiger partial charge in [-0.3, -0.25) is 4.79 Å². The first kappa shape index (κ1) is 10.6. The van der Waals surface area contributed by atoms with Crippen LogP contribution in [0.5, 0.6) is 0 Å². The lowest BCUT2D eigenvalue weighted by atomic mass is 10.1. The Labute approximate surface area is 166 Å². The molecule has 6 heteroatoms. The summed E-state index contributed by atoms with van der Waals surface area (Å²) in [4.78, 5) is 25.9. The zero-order valence-electron chi connectivity index (χ0n) is 21.6. The van der Waals surface area contributed by atoms with Crippen molar-refractivity contribution in [3.05, 3.63) is 71.7 Å². The molecule has 4 aromatic rings. The number of amides is 1. The van der Waals surface area contributed by atoms with Crippen LogP contribution in [0.1, 0.15) is 31.3 Å². The molecule has 0 spiro atoms. The fourth-order valence-electron chi connectivity index (χ4n) is 2.57. The van der Waals surface area contributed by atoms with Crippen LogP contribution in [0.15, 0.2) is 54.8 Å². The number of fused-ring (bicyclic) bond motifs is 1. The van der Waals surface area contributed by atoms with Crippen molar-refractivity contribution in [1.82, 2.24) is 19.5 Å². The van der Waals surface area contributed by atoms with E-state index in [1.54, 1.807) is 6.20 Å². The molecule has 134 valence electrons. The predicted octanol–water partition coefficient (Wildman–Crippen LogP) is 3.90. The van der Waals surface area contributed by atoms with Crippen LogP contribution in [0.4, 0.5) is 5.82 Å². The summed E-state index contributed by atoms with van der Waals surface area (Å²) in [6.07, 6.45) is 3.21. The van der Waals surface area contributed by atoms with E-state index < -0.39 is 48.1 Å². The molecule has 1 aromatic carbocycles. The SMILES string of the molecule is [2H]c1c([2H])c(C([2H])([2H])[2H])c([2H])c([2H])c1C(=O)Nc1cc2nc(-c3cnc(C)n3C)ccc2cn1. The molecule has 0 atom stereocenters. The van der Waals surface area contributed by atoms with Crippen molar-refractivity contribution in [1.29, 1.82) is 0 Å². The number of nitrogens with one attached hydrogen (secondary N) is 1. The largest absolute Gasteiger partial charge is 0.330 e. The molecule has 0 saturated carbocycles. The van der Waals surface area contributed by atoms with Gasteiger partial charge in [-0.15, -0.1) is 0 Å². The average Bonchev–Trinajstić information content (AvgIpc) is 3.09. The van der Waals surface area contributed by atoms with Gasteiger partial charge in [0, 0.05) is 34.4 Å². The molecule has 0 aliphatic carbocycles. The summed E-state index contributed by atoms with van der Waals surface area (Å²) in [5, 5.41) is 3.18. The first-order valence-corrected chi connectivity index (χ1v) is 8.07. The van der Waals surface area contributed by atoms with E-state index in [2.05, 4.69) is 20.3 Å². The second-order valence-electron chi connectivity index (χ2n) is 5.91. The van der Waals surface area contributed by atoms with Crippen molar-refractivity contribution in [2.45, 2.75) is 13.8 Å². The van der Waals surface area contributed by atoms with Crippen LogP contribution in [0.25, 0.3) is 22.3 Å². The van der Waals surface area contributed by atoms with Gasteiger partial charge in [-0.25, -0.2) is 15.0 Å². The van der Waals surface area contributed by atoms with Gasteiger partial charge in [-0.1, -0.05) is 17.6 Å². The molecule has 0 fully saturated rings. The van der Waals surface area contributed by atoms with Crippen molar-refractivity contribution in [3.63, 3.8) is 0 Å². The van der Waals surface area contributed by atoms with E-state index in [4.69, 9.17) is 9.60 Å². The smallest absolute Gasteiger partial charge is 0.256 e. The molecule has 6 nitrogen and oxygen atoms in total. The highest BCUT2D eigenvalue weighted by Crippen LogP contribution is 2.22. The van der Waals surface area contributed by atoms with Crippen LogP contribution in [-0.2, 0) is 7.05 Å². The minimum absolute atomic E-state index is 0.0834. The number of hydrogen-bond donors (Lipinski definition) is 1. The zero-order valence-corrected chi connectivity index (χ0v) is 14.6. The summed E-state index contributed by atoms with van der Waals surface area (Å²) in [5.74, 6) is -0.0385. The van der Waals surface area contributed by atoms with Crippen molar-refractivity contribution < 1.29 is 14.4 Å². The Balaban J connectivity index is 1.72. The van der Waals surface area contributed by atoms with Gasteiger partial charge < -0.3 is 9.88 Å². The van der Waals surface area contributed by atoms with Crippen LogP contribution >= 0.6 is 0 Å². The summed E-state index contributed by atoms with van der Waals surface area (Å²) in [6.45, 7) is -0.983. The van der Waals surface area contributed by atoms with Gasteiger partial charge >= 0.3 is 0 Å². The molecule has 0 bridgehead atoms. The normalized spacial score (nSPS) is 15.1. The molecule has 0 unspecified atom stereocenters. The predicted molar refractivity (Wildman–Crippen MR) is 106 cm³/mol. The number of carbonyl (C=O) groups is 1. The number of anilines is 1. The van der Waals surface area contributed by atoms with Crippen molar-refractivity contribution in [3.8, 4) is 11.4 Å². The summed E-state index contributed by atoms with van der Waals surface area (Å²) < 4.78 is 56.4. The highest BCUT2D eigenvalue weighted by Gasteiger charge is 2.10. The van der Waals surface area contributed by atoms with E-state index in [0.29, 0.717) is 16.6 Å². The second-order valence-corrected chi connectivity index (χ2v) is 5.91. The lowest BCUT2D eigenvalue weighted by molar-refractivity contribution is 0.102. The van der Waals surface area contributed by atoms with E-state index in [0.717, 1.165) is 11.5 Å². The molecule has 0 saturated heterocycles. The van der Waals surface area contributed by atoms with Crippen LogP contribution in [-0.4, -0.2) is 25.4 Å². The third-order valence-corrected chi connectivity index (χ3v) is 4.15. The zero-order chi connectivity index (χ0) is 24.9. The van der Waals surface area contributed by atoms with Crippen LogP contribution in [0.3, 0.4) is 0 Å². The van der Waals surface area contributed by atoms with E-state index in [9.17, 15) is 4.79 Å². The van der Waals surface area contributed by atoms with E-state index in [1.165, 1.54) is 12.3 Å². The van der Waals surface area contributed by atoms with E-state index >= 15 is 0 Å². The molecule has 0 aliphatic heterocycles. The molecule has 27 heavy (non-hydrogen) atoms. The minimum Gasteiger partial charge on any atom is -0.330 e. The van der Waals surface area contributed by atoms with Gasteiger partial charge in [0.05, 0.1) is 28.6 Å². The Morgan fingerprint density at radius 3 is 2.70 bits per heavy atom. The Hall–Kier alpha value is -3.54. The number of hydrogen-bond acceptors (Lipinski definition) is 4. The fourth-order valence-corrected chi connectivity index (χ4v) is 2.57. The highest BCUT2D eigenvalue weighted by atomic mass is 16.1. The quantitative estimate of drug-likeness (QED) is 0.598. The van der Waals surface area contributed by atoms with Gasteiger partial charge in [-0.05, 0) is 38.0 Å². The number of nitrogens with zero attached hydrogens (tertiary/aromatic N) is 4. The number of imidazole rings is 1. The van der Waals surface area contributed by atoms with Gasteiger partial charge in [-0.2, -0.15) is 0 Å².